The van der Waals surface area contributed by atoms with Crippen molar-refractivity contribution in [1.82, 2.24) is 4.90 Å². The van der Waals surface area contributed by atoms with Gasteiger partial charge in [-0.15, -0.1) is 0 Å². The largest absolute Gasteiger partial charge is 0.378 e. The molecule has 0 aromatic heterocycles. The summed E-state index contributed by atoms with van der Waals surface area (Å²) in [6.07, 6.45) is 5.26. The number of carbonyl (C=O) groups is 2. The number of likely N-dealkylation sites (tertiary alicyclic amines) is 1. The van der Waals surface area contributed by atoms with E-state index in [-0.39, 0.29) is 17.9 Å². The van der Waals surface area contributed by atoms with Gasteiger partial charge in [0.1, 0.15) is 5.78 Å². The monoisotopic (exact) mass is 253 g/mol. The first kappa shape index (κ1) is 13.5. The molecule has 0 saturated carbocycles. The molecule has 2 aliphatic heterocycles. The second-order valence-electron chi connectivity index (χ2n) is 5.33. The van der Waals surface area contributed by atoms with Crippen LogP contribution in [0.15, 0.2) is 0 Å². The third-order valence-electron chi connectivity index (χ3n) is 4.07. The predicted molar refractivity (Wildman–Crippen MR) is 68.2 cm³/mol. The molecule has 2 rings (SSSR count). The third kappa shape index (κ3) is 3.31. The Balaban J connectivity index is 1.76. The highest BCUT2D eigenvalue weighted by Crippen LogP contribution is 2.20. The van der Waals surface area contributed by atoms with Crippen LogP contribution in [0.25, 0.3) is 0 Å². The van der Waals surface area contributed by atoms with Gasteiger partial charge in [-0.25, -0.2) is 0 Å². The quantitative estimate of drug-likeness (QED) is 0.767. The molecule has 2 aliphatic rings. The maximum atomic E-state index is 12.1. The zero-order chi connectivity index (χ0) is 13.0. The van der Waals surface area contributed by atoms with E-state index >= 15 is 0 Å². The van der Waals surface area contributed by atoms with Gasteiger partial charge in [-0.05, 0) is 25.7 Å². The van der Waals surface area contributed by atoms with Gasteiger partial charge in [0, 0.05) is 38.5 Å². The van der Waals surface area contributed by atoms with Crippen molar-refractivity contribution in [3.63, 3.8) is 0 Å². The number of ketones is 1. The van der Waals surface area contributed by atoms with Crippen molar-refractivity contribution in [2.45, 2.75) is 51.6 Å². The molecule has 18 heavy (non-hydrogen) atoms. The van der Waals surface area contributed by atoms with Gasteiger partial charge >= 0.3 is 0 Å². The van der Waals surface area contributed by atoms with Crippen LogP contribution in [0.2, 0.25) is 0 Å². The van der Waals surface area contributed by atoms with Crippen molar-refractivity contribution in [3.05, 3.63) is 0 Å². The molecule has 0 radical (unpaired) electrons. The van der Waals surface area contributed by atoms with Gasteiger partial charge in [0.05, 0.1) is 6.10 Å². The van der Waals surface area contributed by atoms with E-state index in [1.54, 1.807) is 0 Å². The van der Waals surface area contributed by atoms with Crippen LogP contribution in [0, 0.1) is 5.92 Å². The number of Topliss-reactive ketones (excluding diaryl/α,β-unsaturated/α-hetero) is 1. The molecule has 1 amide bonds. The van der Waals surface area contributed by atoms with Crippen LogP contribution in [0.4, 0.5) is 0 Å². The third-order valence-corrected chi connectivity index (χ3v) is 4.07. The van der Waals surface area contributed by atoms with Crippen molar-refractivity contribution < 1.29 is 14.3 Å². The van der Waals surface area contributed by atoms with Gasteiger partial charge in [0.2, 0.25) is 5.91 Å². The van der Waals surface area contributed by atoms with E-state index in [1.165, 1.54) is 0 Å². The van der Waals surface area contributed by atoms with E-state index < -0.39 is 0 Å². The lowest BCUT2D eigenvalue weighted by molar-refractivity contribution is -0.137. The van der Waals surface area contributed by atoms with Crippen molar-refractivity contribution in [2.24, 2.45) is 5.92 Å². The summed E-state index contributed by atoms with van der Waals surface area (Å²) in [5.41, 5.74) is 0. The van der Waals surface area contributed by atoms with Crippen LogP contribution < -0.4 is 0 Å². The predicted octanol–water partition coefficient (Wildman–Crippen LogP) is 1.77. The zero-order valence-electron chi connectivity index (χ0n) is 11.2. The molecule has 0 aliphatic carbocycles. The fourth-order valence-electron chi connectivity index (χ4n) is 2.81. The molecule has 0 aromatic carbocycles. The van der Waals surface area contributed by atoms with Crippen LogP contribution in [0.3, 0.4) is 0 Å². The first-order valence-electron chi connectivity index (χ1n) is 7.12. The first-order valence-corrected chi connectivity index (χ1v) is 7.12. The Hall–Kier alpha value is -0.900. The van der Waals surface area contributed by atoms with E-state index in [2.05, 4.69) is 0 Å². The Morgan fingerprint density at radius 3 is 3.00 bits per heavy atom. The van der Waals surface area contributed by atoms with Crippen molar-refractivity contribution in [1.29, 1.82) is 0 Å². The molecule has 102 valence electrons. The number of rotatable bonds is 4. The van der Waals surface area contributed by atoms with Gasteiger partial charge in [0.15, 0.2) is 0 Å². The summed E-state index contributed by atoms with van der Waals surface area (Å²) in [6, 6.07) is 0. The summed E-state index contributed by atoms with van der Waals surface area (Å²) in [6.45, 7) is 4.09. The molecule has 2 unspecified atom stereocenters. The van der Waals surface area contributed by atoms with Gasteiger partial charge in [-0.3, -0.25) is 9.59 Å². The standard InChI is InChI=1S/C14H23NO3/c1-2-11-10-15(8-7-13(11)16)14(17)6-5-12-4-3-9-18-12/h11-12H,2-10H2,1H3. The van der Waals surface area contributed by atoms with E-state index in [0.29, 0.717) is 31.7 Å². The van der Waals surface area contributed by atoms with E-state index in [9.17, 15) is 9.59 Å². The molecular formula is C14H23NO3. The lowest BCUT2D eigenvalue weighted by Crippen LogP contribution is -2.44. The molecule has 2 fully saturated rings. The SMILES string of the molecule is CCC1CN(C(=O)CCC2CCCO2)CCC1=O. The summed E-state index contributed by atoms with van der Waals surface area (Å²) in [5, 5.41) is 0. The fourth-order valence-corrected chi connectivity index (χ4v) is 2.81. The lowest BCUT2D eigenvalue weighted by atomic mass is 9.94. The minimum Gasteiger partial charge on any atom is -0.378 e. The summed E-state index contributed by atoms with van der Waals surface area (Å²) in [4.78, 5) is 25.6. The fraction of sp³-hybridized carbons (Fsp3) is 0.857. The number of carbonyl (C=O) groups excluding carboxylic acids is 2. The average molecular weight is 253 g/mol. The molecule has 4 nitrogen and oxygen atoms in total. The number of piperidine rings is 1. The highest BCUT2D eigenvalue weighted by Gasteiger charge is 2.28. The average Bonchev–Trinajstić information content (AvgIpc) is 2.89. The van der Waals surface area contributed by atoms with Crippen molar-refractivity contribution in [3.8, 4) is 0 Å². The van der Waals surface area contributed by atoms with Crippen LogP contribution in [-0.2, 0) is 14.3 Å². The smallest absolute Gasteiger partial charge is 0.222 e. The number of nitrogens with zero attached hydrogens (tertiary/aromatic N) is 1. The number of hydrogen-bond donors (Lipinski definition) is 0. The summed E-state index contributed by atoms with van der Waals surface area (Å²) < 4.78 is 5.53. The summed E-state index contributed by atoms with van der Waals surface area (Å²) >= 11 is 0. The Morgan fingerprint density at radius 2 is 2.33 bits per heavy atom. The minimum absolute atomic E-state index is 0.0606. The van der Waals surface area contributed by atoms with Crippen molar-refractivity contribution in [2.75, 3.05) is 19.7 Å². The first-order chi connectivity index (χ1) is 8.70. The van der Waals surface area contributed by atoms with E-state index in [0.717, 1.165) is 32.3 Å². The van der Waals surface area contributed by atoms with Crippen molar-refractivity contribution >= 4 is 11.7 Å². The zero-order valence-corrected chi connectivity index (χ0v) is 11.2. The molecular weight excluding hydrogens is 230 g/mol. The Labute approximate surface area is 109 Å². The van der Waals surface area contributed by atoms with Gasteiger partial charge in [-0.1, -0.05) is 6.92 Å². The summed E-state index contributed by atoms with van der Waals surface area (Å²) in [7, 11) is 0. The van der Waals surface area contributed by atoms with Gasteiger partial charge in [-0.2, -0.15) is 0 Å². The van der Waals surface area contributed by atoms with Gasteiger partial charge in [0.25, 0.3) is 0 Å². The lowest BCUT2D eigenvalue weighted by Gasteiger charge is -2.31. The number of amides is 1. The number of ether oxygens (including phenoxy) is 1. The molecule has 2 heterocycles. The highest BCUT2D eigenvalue weighted by atomic mass is 16.5. The molecule has 0 aromatic rings. The van der Waals surface area contributed by atoms with Gasteiger partial charge < -0.3 is 9.64 Å². The second kappa shape index (κ2) is 6.32. The second-order valence-corrected chi connectivity index (χ2v) is 5.33. The van der Waals surface area contributed by atoms with E-state index in [1.807, 2.05) is 11.8 Å². The topological polar surface area (TPSA) is 46.6 Å². The summed E-state index contributed by atoms with van der Waals surface area (Å²) in [5.74, 6) is 0.572. The highest BCUT2D eigenvalue weighted by molar-refractivity contribution is 5.85. The Morgan fingerprint density at radius 1 is 1.50 bits per heavy atom. The molecule has 0 spiro atoms. The molecule has 0 N–H and O–H groups in total. The minimum atomic E-state index is 0.0606. The molecule has 2 saturated heterocycles. The Bertz CT molecular complexity index is 310. The van der Waals surface area contributed by atoms with Crippen LogP contribution in [-0.4, -0.2) is 42.4 Å². The van der Waals surface area contributed by atoms with E-state index in [4.69, 9.17) is 4.74 Å². The maximum absolute atomic E-state index is 12.1. The Kier molecular flexibility index (Phi) is 4.75. The maximum Gasteiger partial charge on any atom is 0.222 e. The molecule has 0 bridgehead atoms. The van der Waals surface area contributed by atoms with Crippen LogP contribution in [0.1, 0.15) is 45.4 Å². The van der Waals surface area contributed by atoms with Crippen LogP contribution >= 0.6 is 0 Å². The molecule has 2 atom stereocenters. The number of hydrogen-bond acceptors (Lipinski definition) is 3. The normalized spacial score (nSPS) is 28.7. The van der Waals surface area contributed by atoms with Crippen LogP contribution in [0.5, 0.6) is 0 Å². The molecule has 4 heteroatoms.